The molecular weight excluding hydrogens is 178 g/mol. The molecule has 0 spiro atoms. The van der Waals surface area contributed by atoms with Crippen LogP contribution in [-0.4, -0.2) is 21.2 Å². The zero-order chi connectivity index (χ0) is 10.1. The Bertz CT molecular complexity index is 121. The van der Waals surface area contributed by atoms with Crippen LogP contribution in [-0.2, 0) is 4.79 Å². The van der Waals surface area contributed by atoms with Crippen molar-refractivity contribution in [2.24, 2.45) is 0 Å². The first kappa shape index (κ1) is 12.7. The van der Waals surface area contributed by atoms with Crippen LogP contribution in [0.1, 0.15) is 33.6 Å². The molecule has 2 nitrogen and oxygen atoms in total. The average molecular weight is 201 g/mol. The number of nitrogens with one attached hydrogen (secondary N) is 1. The van der Waals surface area contributed by atoms with Crippen molar-refractivity contribution in [3.05, 3.63) is 0 Å². The third kappa shape index (κ3) is 6.81. The Labute approximate surface area is 83.7 Å². The second-order valence-electron chi connectivity index (χ2n) is 3.54. The fourth-order valence-electron chi connectivity index (χ4n) is 1.43. The zero-order valence-electron chi connectivity index (χ0n) is 9.23. The van der Waals surface area contributed by atoms with Gasteiger partial charge >= 0.3 is 0 Å². The van der Waals surface area contributed by atoms with E-state index in [-0.39, 0.29) is 14.7 Å². The molecule has 0 aromatic heterocycles. The molecule has 1 aliphatic heterocycles. The van der Waals surface area contributed by atoms with Crippen LogP contribution < -0.4 is 5.32 Å². The van der Waals surface area contributed by atoms with Crippen molar-refractivity contribution in [2.75, 3.05) is 6.54 Å². The summed E-state index contributed by atoms with van der Waals surface area (Å²) >= 11 is 0. The average Bonchev–Trinajstić information content (AvgIpc) is 2.60. The van der Waals surface area contributed by atoms with E-state index in [2.05, 4.69) is 26.1 Å². The van der Waals surface area contributed by atoms with Gasteiger partial charge in [0.05, 0.1) is 0 Å². The van der Waals surface area contributed by atoms with Gasteiger partial charge in [-0.3, -0.25) is 4.79 Å². The van der Waals surface area contributed by atoms with Crippen molar-refractivity contribution < 1.29 is 4.79 Å². The molecule has 0 bridgehead atoms. The van der Waals surface area contributed by atoms with Crippen molar-refractivity contribution in [2.45, 2.75) is 51.7 Å². The molecule has 0 atom stereocenters. The number of carbonyl (C=O) groups is 1. The molecule has 0 saturated carbocycles. The van der Waals surface area contributed by atoms with E-state index in [4.69, 9.17) is 0 Å². The maximum absolute atomic E-state index is 10.1. The van der Waals surface area contributed by atoms with Crippen molar-refractivity contribution in [3.63, 3.8) is 0 Å². The molecule has 0 aromatic rings. The largest absolute Gasteiger partial charge is 0.356 e. The minimum Gasteiger partial charge on any atom is -0.356 e. The van der Waals surface area contributed by atoms with E-state index in [1.165, 1.54) is 18.1 Å². The molecule has 3 heteroatoms. The SMILES string of the molecule is CC[SiH](CC)CC.O=C1CCCN1. The molecule has 1 aliphatic rings. The highest BCUT2D eigenvalue weighted by Crippen LogP contribution is 2.01. The first-order valence-corrected chi connectivity index (χ1v) is 7.96. The summed E-state index contributed by atoms with van der Waals surface area (Å²) in [7, 11) is -0.171. The van der Waals surface area contributed by atoms with Gasteiger partial charge in [-0.25, -0.2) is 0 Å². The van der Waals surface area contributed by atoms with E-state index in [0.717, 1.165) is 19.4 Å². The van der Waals surface area contributed by atoms with Crippen LogP contribution in [0.4, 0.5) is 0 Å². The molecule has 0 aliphatic carbocycles. The quantitative estimate of drug-likeness (QED) is 0.697. The Morgan fingerprint density at radius 3 is 1.85 bits per heavy atom. The van der Waals surface area contributed by atoms with Gasteiger partial charge in [0.2, 0.25) is 5.91 Å². The van der Waals surface area contributed by atoms with Crippen LogP contribution in [0, 0.1) is 0 Å². The van der Waals surface area contributed by atoms with Gasteiger partial charge in [0.1, 0.15) is 0 Å². The van der Waals surface area contributed by atoms with E-state index in [9.17, 15) is 4.79 Å². The summed E-state index contributed by atoms with van der Waals surface area (Å²) in [6, 6.07) is 4.48. The van der Waals surface area contributed by atoms with Gasteiger partial charge in [0.25, 0.3) is 0 Å². The number of amides is 1. The van der Waals surface area contributed by atoms with Gasteiger partial charge in [-0.1, -0.05) is 38.9 Å². The van der Waals surface area contributed by atoms with Gasteiger partial charge < -0.3 is 5.32 Å². The van der Waals surface area contributed by atoms with Gasteiger partial charge in [0, 0.05) is 21.8 Å². The lowest BCUT2D eigenvalue weighted by Gasteiger charge is -2.03. The fraction of sp³-hybridized carbons (Fsp3) is 0.900. The molecule has 0 unspecified atom stereocenters. The summed E-state index contributed by atoms with van der Waals surface area (Å²) in [5.74, 6) is 0.204. The van der Waals surface area contributed by atoms with Crippen molar-refractivity contribution >= 4 is 14.7 Å². The summed E-state index contributed by atoms with van der Waals surface area (Å²) in [6.07, 6.45) is 1.76. The molecule has 1 amide bonds. The third-order valence-electron chi connectivity index (χ3n) is 2.63. The lowest BCUT2D eigenvalue weighted by Crippen LogP contribution is -2.12. The minimum atomic E-state index is -0.171. The molecule has 1 N–H and O–H groups in total. The van der Waals surface area contributed by atoms with Gasteiger partial charge in [-0.05, 0) is 6.42 Å². The summed E-state index contributed by atoms with van der Waals surface area (Å²) < 4.78 is 0. The van der Waals surface area contributed by atoms with Crippen molar-refractivity contribution in [3.8, 4) is 0 Å². The molecular formula is C10H23NOSi. The summed E-state index contributed by atoms with van der Waals surface area (Å²) in [5, 5.41) is 2.68. The van der Waals surface area contributed by atoms with Crippen LogP contribution >= 0.6 is 0 Å². The highest BCUT2D eigenvalue weighted by Gasteiger charge is 2.05. The van der Waals surface area contributed by atoms with Crippen LogP contribution in [0.5, 0.6) is 0 Å². The summed E-state index contributed by atoms with van der Waals surface area (Å²) in [6.45, 7) is 7.86. The fourth-order valence-corrected chi connectivity index (χ4v) is 3.16. The first-order chi connectivity index (χ1) is 6.24. The molecule has 1 heterocycles. The van der Waals surface area contributed by atoms with Crippen molar-refractivity contribution in [1.29, 1.82) is 0 Å². The topological polar surface area (TPSA) is 29.1 Å². The summed E-state index contributed by atoms with van der Waals surface area (Å²) in [4.78, 5) is 10.1. The number of carbonyl (C=O) groups excluding carboxylic acids is 1. The second-order valence-corrected chi connectivity index (χ2v) is 7.73. The molecule has 78 valence electrons. The van der Waals surface area contributed by atoms with Crippen molar-refractivity contribution in [1.82, 2.24) is 5.32 Å². The smallest absolute Gasteiger partial charge is 0.220 e. The lowest BCUT2D eigenvalue weighted by atomic mass is 10.4. The monoisotopic (exact) mass is 201 g/mol. The Morgan fingerprint density at radius 1 is 1.23 bits per heavy atom. The Balaban J connectivity index is 0.000000223. The number of hydrogen-bond acceptors (Lipinski definition) is 1. The van der Waals surface area contributed by atoms with E-state index in [1.807, 2.05) is 0 Å². The predicted octanol–water partition coefficient (Wildman–Crippen LogP) is 2.17. The molecule has 1 saturated heterocycles. The predicted molar refractivity (Wildman–Crippen MR) is 60.8 cm³/mol. The highest BCUT2D eigenvalue weighted by molar-refractivity contribution is 6.58. The van der Waals surface area contributed by atoms with E-state index in [1.54, 1.807) is 0 Å². The molecule has 1 rings (SSSR count). The molecule has 0 aromatic carbocycles. The van der Waals surface area contributed by atoms with E-state index < -0.39 is 0 Å². The second kappa shape index (κ2) is 8.29. The standard InChI is InChI=1S/C6H16Si.C4H7NO/c1-4-7(5-2)6-3;6-4-2-1-3-5-4/h7H,4-6H2,1-3H3;1-3H2,(H,5,6). The molecule has 1 fully saturated rings. The lowest BCUT2D eigenvalue weighted by molar-refractivity contribution is -0.119. The Hall–Kier alpha value is -0.313. The Kier molecular flexibility index (Phi) is 8.09. The van der Waals surface area contributed by atoms with Crippen LogP contribution in [0.25, 0.3) is 0 Å². The van der Waals surface area contributed by atoms with Gasteiger partial charge in [-0.15, -0.1) is 0 Å². The highest BCUT2D eigenvalue weighted by atomic mass is 28.3. The normalized spacial score (nSPS) is 15.2. The first-order valence-electron chi connectivity index (χ1n) is 5.51. The number of hydrogen-bond donors (Lipinski definition) is 1. The molecule has 0 radical (unpaired) electrons. The molecule has 13 heavy (non-hydrogen) atoms. The maximum atomic E-state index is 10.1. The third-order valence-corrected chi connectivity index (χ3v) is 6.10. The van der Waals surface area contributed by atoms with Crippen LogP contribution in [0.3, 0.4) is 0 Å². The Morgan fingerprint density at radius 2 is 1.77 bits per heavy atom. The minimum absolute atomic E-state index is 0.171. The zero-order valence-corrected chi connectivity index (χ0v) is 10.4. The maximum Gasteiger partial charge on any atom is 0.220 e. The van der Waals surface area contributed by atoms with Crippen LogP contribution in [0.2, 0.25) is 18.1 Å². The van der Waals surface area contributed by atoms with Gasteiger partial charge in [0.15, 0.2) is 0 Å². The summed E-state index contributed by atoms with van der Waals surface area (Å²) in [5.41, 5.74) is 0. The van der Waals surface area contributed by atoms with Gasteiger partial charge in [-0.2, -0.15) is 0 Å². The van der Waals surface area contributed by atoms with Crippen LogP contribution in [0.15, 0.2) is 0 Å². The van der Waals surface area contributed by atoms with E-state index >= 15 is 0 Å². The van der Waals surface area contributed by atoms with E-state index in [0.29, 0.717) is 0 Å². The number of rotatable bonds is 3.